The molecule has 2 saturated carbocycles. The van der Waals surface area contributed by atoms with Gasteiger partial charge in [0.15, 0.2) is 23.3 Å². The number of nitrogens with two attached hydrogens (primary N) is 1. The Labute approximate surface area is 184 Å². The molecule has 2 N–H and O–H groups in total. The van der Waals surface area contributed by atoms with E-state index in [2.05, 4.69) is 9.97 Å². The zero-order valence-corrected chi connectivity index (χ0v) is 17.3. The second-order valence-corrected chi connectivity index (χ2v) is 8.11. The number of hydrogen-bond acceptors (Lipinski definition) is 7. The van der Waals surface area contributed by atoms with Crippen molar-refractivity contribution >= 4 is 11.4 Å². The molecule has 0 spiro atoms. The number of anilines is 1. The number of nitro groups is 1. The van der Waals surface area contributed by atoms with Crippen molar-refractivity contribution < 1.29 is 13.8 Å². The van der Waals surface area contributed by atoms with Crippen molar-refractivity contribution in [3.63, 3.8) is 0 Å². The summed E-state index contributed by atoms with van der Waals surface area (Å²) in [6.07, 6.45) is 8.06. The number of nitro benzene ring substituents is 1. The van der Waals surface area contributed by atoms with Crippen LogP contribution in [-0.2, 0) is 0 Å². The summed E-state index contributed by atoms with van der Waals surface area (Å²) in [6.45, 7) is 0. The van der Waals surface area contributed by atoms with Crippen LogP contribution in [0.1, 0.15) is 49.3 Å². The third kappa shape index (κ3) is 4.54. The molecule has 32 heavy (non-hydrogen) atoms. The van der Waals surface area contributed by atoms with Gasteiger partial charge in [-0.05, 0) is 37.8 Å². The monoisotopic (exact) mass is 430 g/mol. The highest BCUT2D eigenvalue weighted by atomic mass is 16.6. The van der Waals surface area contributed by atoms with Crippen molar-refractivity contribution in [1.82, 2.24) is 9.97 Å². The summed E-state index contributed by atoms with van der Waals surface area (Å²) in [5, 5.41) is 10.7. The number of oxazole rings is 2. The van der Waals surface area contributed by atoms with Gasteiger partial charge in [0, 0.05) is 40.8 Å². The van der Waals surface area contributed by atoms with Crippen LogP contribution in [0.15, 0.2) is 69.8 Å². The second kappa shape index (κ2) is 8.30. The van der Waals surface area contributed by atoms with E-state index in [0.29, 0.717) is 23.2 Å². The first-order valence-corrected chi connectivity index (χ1v) is 10.6. The Morgan fingerprint density at radius 1 is 0.844 bits per heavy atom. The zero-order valence-electron chi connectivity index (χ0n) is 17.3. The van der Waals surface area contributed by atoms with E-state index in [1.165, 1.54) is 25.0 Å². The minimum absolute atomic E-state index is 0.0619. The standard InChI is InChI=1S/C12H10N2O3.C12H12N2O/c15-14(16)10-3-1-2-9(6-10)11-7-13-12(17-11)8-4-5-8;13-10-3-1-2-9(6-10)11-7-14-12(15-11)8-4-5-8/h1-3,6-8H,4-5H2;1-3,6-8H,4-5,13H2. The van der Waals surface area contributed by atoms with Crippen molar-refractivity contribution in [2.75, 3.05) is 5.73 Å². The number of nitrogens with zero attached hydrogens (tertiary/aromatic N) is 3. The molecule has 162 valence electrons. The minimum Gasteiger partial charge on any atom is -0.440 e. The predicted molar refractivity (Wildman–Crippen MR) is 119 cm³/mol. The van der Waals surface area contributed by atoms with Gasteiger partial charge in [-0.3, -0.25) is 10.1 Å². The second-order valence-electron chi connectivity index (χ2n) is 8.11. The first-order valence-electron chi connectivity index (χ1n) is 10.6. The fourth-order valence-corrected chi connectivity index (χ4v) is 3.34. The summed E-state index contributed by atoms with van der Waals surface area (Å²) >= 11 is 0. The minimum atomic E-state index is -0.415. The van der Waals surface area contributed by atoms with E-state index >= 15 is 0 Å². The highest BCUT2D eigenvalue weighted by Crippen LogP contribution is 2.41. The largest absolute Gasteiger partial charge is 0.440 e. The molecule has 8 heteroatoms. The number of benzene rings is 2. The van der Waals surface area contributed by atoms with E-state index in [9.17, 15) is 10.1 Å². The van der Waals surface area contributed by atoms with Crippen LogP contribution in [0.3, 0.4) is 0 Å². The molecule has 0 radical (unpaired) electrons. The molecule has 2 aliphatic rings. The van der Waals surface area contributed by atoms with Gasteiger partial charge in [0.25, 0.3) is 5.69 Å². The molecule has 6 rings (SSSR count). The number of aromatic nitrogens is 2. The number of nitrogen functional groups attached to an aromatic ring is 1. The third-order valence-electron chi connectivity index (χ3n) is 5.41. The Hall–Kier alpha value is -3.94. The van der Waals surface area contributed by atoms with Crippen LogP contribution in [0.5, 0.6) is 0 Å². The summed E-state index contributed by atoms with van der Waals surface area (Å²) in [6, 6.07) is 14.0. The maximum Gasteiger partial charge on any atom is 0.270 e. The van der Waals surface area contributed by atoms with Crippen LogP contribution < -0.4 is 5.73 Å². The van der Waals surface area contributed by atoms with Crippen LogP contribution in [0.4, 0.5) is 11.4 Å². The fourth-order valence-electron chi connectivity index (χ4n) is 3.34. The number of hydrogen-bond donors (Lipinski definition) is 1. The Kier molecular flexibility index (Phi) is 5.18. The summed E-state index contributed by atoms with van der Waals surface area (Å²) in [5.74, 6) is 4.01. The molecule has 2 aliphatic carbocycles. The molecule has 0 unspecified atom stereocenters. The smallest absolute Gasteiger partial charge is 0.270 e. The van der Waals surface area contributed by atoms with Crippen LogP contribution in [-0.4, -0.2) is 14.9 Å². The van der Waals surface area contributed by atoms with Gasteiger partial charge < -0.3 is 14.6 Å². The number of rotatable bonds is 5. The van der Waals surface area contributed by atoms with Crippen molar-refractivity contribution in [1.29, 1.82) is 0 Å². The quantitative estimate of drug-likeness (QED) is 0.237. The van der Waals surface area contributed by atoms with Crippen molar-refractivity contribution in [3.8, 4) is 22.6 Å². The highest BCUT2D eigenvalue weighted by molar-refractivity contribution is 5.62. The summed E-state index contributed by atoms with van der Waals surface area (Å²) in [4.78, 5) is 18.7. The normalized spacial score (nSPS) is 15.1. The lowest BCUT2D eigenvalue weighted by atomic mass is 10.2. The molecule has 2 aromatic carbocycles. The highest BCUT2D eigenvalue weighted by Gasteiger charge is 2.29. The molecule has 0 atom stereocenters. The van der Waals surface area contributed by atoms with Gasteiger partial charge in [0.1, 0.15) is 0 Å². The molecule has 0 amide bonds. The van der Waals surface area contributed by atoms with Gasteiger partial charge in [-0.15, -0.1) is 0 Å². The van der Waals surface area contributed by atoms with Gasteiger partial charge in [0.2, 0.25) is 0 Å². The maximum atomic E-state index is 10.7. The van der Waals surface area contributed by atoms with Crippen LogP contribution in [0.2, 0.25) is 0 Å². The SMILES string of the molecule is Nc1cccc(-c2cnc(C3CC3)o2)c1.O=[N+]([O-])c1cccc(-c2cnc(C3CC3)o2)c1. The Bertz CT molecular complexity index is 1250. The van der Waals surface area contributed by atoms with E-state index in [0.717, 1.165) is 41.6 Å². The molecule has 0 bridgehead atoms. The van der Waals surface area contributed by atoms with Crippen molar-refractivity contribution in [2.45, 2.75) is 37.5 Å². The van der Waals surface area contributed by atoms with E-state index in [-0.39, 0.29) is 5.69 Å². The van der Waals surface area contributed by atoms with E-state index in [1.807, 2.05) is 24.3 Å². The zero-order chi connectivity index (χ0) is 22.1. The van der Waals surface area contributed by atoms with Crippen molar-refractivity contribution in [3.05, 3.63) is 82.8 Å². The molecule has 0 aliphatic heterocycles. The van der Waals surface area contributed by atoms with E-state index in [4.69, 9.17) is 14.6 Å². The van der Waals surface area contributed by atoms with Crippen LogP contribution in [0.25, 0.3) is 22.6 Å². The summed E-state index contributed by atoms with van der Waals surface area (Å²) < 4.78 is 11.3. The van der Waals surface area contributed by atoms with Crippen LogP contribution >= 0.6 is 0 Å². The molecule has 2 aromatic heterocycles. The van der Waals surface area contributed by atoms with Gasteiger partial charge in [-0.25, -0.2) is 9.97 Å². The average Bonchev–Trinajstić information content (AvgIpc) is 3.74. The topological polar surface area (TPSA) is 121 Å². The lowest BCUT2D eigenvalue weighted by molar-refractivity contribution is -0.384. The van der Waals surface area contributed by atoms with Gasteiger partial charge >= 0.3 is 0 Å². The van der Waals surface area contributed by atoms with Crippen molar-refractivity contribution in [2.24, 2.45) is 0 Å². The summed E-state index contributed by atoms with van der Waals surface area (Å²) in [7, 11) is 0. The van der Waals surface area contributed by atoms with Gasteiger partial charge in [-0.1, -0.05) is 24.3 Å². The predicted octanol–water partition coefficient (Wildman–Crippen LogP) is 5.93. The van der Waals surface area contributed by atoms with Gasteiger partial charge in [-0.2, -0.15) is 0 Å². The van der Waals surface area contributed by atoms with E-state index in [1.54, 1.807) is 24.5 Å². The lowest BCUT2D eigenvalue weighted by Crippen LogP contribution is -1.87. The Morgan fingerprint density at radius 2 is 1.38 bits per heavy atom. The molecule has 0 saturated heterocycles. The molecule has 8 nitrogen and oxygen atoms in total. The lowest BCUT2D eigenvalue weighted by Gasteiger charge is -1.97. The number of non-ortho nitro benzene ring substituents is 1. The Morgan fingerprint density at radius 3 is 1.88 bits per heavy atom. The average molecular weight is 430 g/mol. The maximum absolute atomic E-state index is 10.7. The van der Waals surface area contributed by atoms with Crippen LogP contribution in [0, 0.1) is 10.1 Å². The molecular weight excluding hydrogens is 408 g/mol. The van der Waals surface area contributed by atoms with E-state index < -0.39 is 4.92 Å². The molecule has 2 heterocycles. The first-order chi connectivity index (χ1) is 15.6. The molecule has 4 aromatic rings. The Balaban J connectivity index is 0.000000136. The molecule has 2 fully saturated rings. The van der Waals surface area contributed by atoms with Gasteiger partial charge in [0.05, 0.1) is 17.3 Å². The third-order valence-corrected chi connectivity index (χ3v) is 5.41. The molecular formula is C24H22N4O4. The summed E-state index contributed by atoms with van der Waals surface area (Å²) in [5.41, 5.74) is 8.21. The first kappa shape index (κ1) is 20.0. The fraction of sp³-hybridized carbons (Fsp3) is 0.250.